The third kappa shape index (κ3) is 5.74. The molecule has 0 aliphatic carbocycles. The highest BCUT2D eigenvalue weighted by Crippen LogP contribution is 2.16. The van der Waals surface area contributed by atoms with Gasteiger partial charge in [-0.25, -0.2) is 0 Å². The van der Waals surface area contributed by atoms with Gasteiger partial charge in [0.15, 0.2) is 0 Å². The topological polar surface area (TPSA) is 159 Å². The summed E-state index contributed by atoms with van der Waals surface area (Å²) in [6, 6.07) is -0.478. The van der Waals surface area contributed by atoms with E-state index in [9.17, 15) is 25.5 Å². The maximum Gasteiger partial charge on any atom is 0.126 e. The van der Waals surface area contributed by atoms with Crippen LogP contribution in [-0.2, 0) is 6.42 Å². The van der Waals surface area contributed by atoms with Crippen molar-refractivity contribution in [1.29, 1.82) is 0 Å². The van der Waals surface area contributed by atoms with Crippen molar-refractivity contribution in [2.75, 3.05) is 19.8 Å². The van der Waals surface area contributed by atoms with Crippen LogP contribution < -0.4 is 5.32 Å². The first kappa shape index (κ1) is 19.8. The maximum absolute atomic E-state index is 10.0. The molecule has 1 aromatic rings. The Labute approximate surface area is 134 Å². The van der Waals surface area contributed by atoms with Gasteiger partial charge in [-0.3, -0.25) is 9.97 Å². The zero-order valence-corrected chi connectivity index (χ0v) is 12.9. The summed E-state index contributed by atoms with van der Waals surface area (Å²) in [6.07, 6.45) is -2.70. The van der Waals surface area contributed by atoms with Gasteiger partial charge in [0, 0.05) is 12.6 Å². The minimum absolute atomic E-state index is 0.0358. The first-order chi connectivity index (χ1) is 10.9. The van der Waals surface area contributed by atoms with Gasteiger partial charge < -0.3 is 36.0 Å². The largest absolute Gasteiger partial charge is 0.395 e. The summed E-state index contributed by atoms with van der Waals surface area (Å²) in [7, 11) is 0. The van der Waals surface area contributed by atoms with Crippen LogP contribution in [0, 0.1) is 0 Å². The fraction of sp³-hybridized carbons (Fsp3) is 0.714. The fourth-order valence-corrected chi connectivity index (χ4v) is 2.06. The lowest BCUT2D eigenvalue weighted by Gasteiger charge is -2.22. The molecule has 0 bridgehead atoms. The second-order valence-corrected chi connectivity index (χ2v) is 5.24. The molecule has 9 nitrogen and oxygen atoms in total. The summed E-state index contributed by atoms with van der Waals surface area (Å²) < 4.78 is 0. The van der Waals surface area contributed by atoms with E-state index in [1.807, 2.05) is 6.92 Å². The van der Waals surface area contributed by atoms with E-state index in [1.54, 1.807) is 0 Å². The normalized spacial score (nSPS) is 18.2. The molecular formula is C14H25N3O6. The summed E-state index contributed by atoms with van der Waals surface area (Å²) >= 11 is 0. The molecule has 1 heterocycles. The Morgan fingerprint density at radius 3 is 2.17 bits per heavy atom. The van der Waals surface area contributed by atoms with Gasteiger partial charge in [0.1, 0.15) is 18.3 Å². The molecule has 0 aliphatic heterocycles. The molecule has 9 heteroatoms. The molecule has 0 fully saturated rings. The van der Waals surface area contributed by atoms with Gasteiger partial charge in [0.25, 0.3) is 0 Å². The molecule has 0 saturated carbocycles. The van der Waals surface area contributed by atoms with Crippen LogP contribution in [0.1, 0.15) is 24.4 Å². The Morgan fingerprint density at radius 1 is 1.00 bits per heavy atom. The number of aromatic nitrogens is 2. The quantitative estimate of drug-likeness (QED) is 0.239. The molecule has 0 aliphatic rings. The van der Waals surface area contributed by atoms with Crippen molar-refractivity contribution in [3.05, 3.63) is 23.8 Å². The smallest absolute Gasteiger partial charge is 0.126 e. The Bertz CT molecular complexity index is 447. The highest BCUT2D eigenvalue weighted by atomic mass is 16.4. The minimum atomic E-state index is -1.58. The van der Waals surface area contributed by atoms with E-state index in [4.69, 9.17) is 5.11 Å². The Hall–Kier alpha value is -1.20. The van der Waals surface area contributed by atoms with E-state index in [1.165, 1.54) is 12.4 Å². The molecule has 132 valence electrons. The van der Waals surface area contributed by atoms with Gasteiger partial charge in [-0.2, -0.15) is 0 Å². The maximum atomic E-state index is 10.0. The lowest BCUT2D eigenvalue weighted by molar-refractivity contribution is -0.0790. The second-order valence-electron chi connectivity index (χ2n) is 5.24. The first-order valence-corrected chi connectivity index (χ1v) is 7.42. The van der Waals surface area contributed by atoms with E-state index in [0.29, 0.717) is 12.2 Å². The monoisotopic (exact) mass is 331 g/mol. The minimum Gasteiger partial charge on any atom is -0.395 e. The summed E-state index contributed by atoms with van der Waals surface area (Å²) in [5.74, 6) is 0. The van der Waals surface area contributed by atoms with Gasteiger partial charge in [-0.05, 0) is 6.54 Å². The number of likely N-dealkylation sites (N-methyl/N-ethyl adjacent to an activating group) is 1. The zero-order chi connectivity index (χ0) is 17.4. The standard InChI is InChI=1S/C14H25N3O6/c1-2-15-10(6-18)11(20)3-8-4-17-9(5-16-8)13(22)14(23)12(21)7-19/h4-5,10-15,18-23H,2-3,6-7H2,1H3/t10-,11-,12-,13-,14-/m1/s1. The predicted molar refractivity (Wildman–Crippen MR) is 80.4 cm³/mol. The van der Waals surface area contributed by atoms with Crippen LogP contribution in [0.25, 0.3) is 0 Å². The molecule has 0 aromatic carbocycles. The van der Waals surface area contributed by atoms with Crippen molar-refractivity contribution in [3.8, 4) is 0 Å². The lowest BCUT2D eigenvalue weighted by atomic mass is 10.1. The van der Waals surface area contributed by atoms with E-state index in [2.05, 4.69) is 15.3 Å². The zero-order valence-electron chi connectivity index (χ0n) is 12.9. The van der Waals surface area contributed by atoms with Crippen LogP contribution in [0.15, 0.2) is 12.4 Å². The molecule has 0 saturated heterocycles. The van der Waals surface area contributed by atoms with Crippen molar-refractivity contribution < 1.29 is 30.6 Å². The Balaban J connectivity index is 2.69. The lowest BCUT2D eigenvalue weighted by Crippen LogP contribution is -2.43. The van der Waals surface area contributed by atoms with Crippen LogP contribution in [0.2, 0.25) is 0 Å². The number of rotatable bonds is 10. The molecule has 0 radical (unpaired) electrons. The molecule has 0 amide bonds. The van der Waals surface area contributed by atoms with Gasteiger partial charge >= 0.3 is 0 Å². The van der Waals surface area contributed by atoms with Gasteiger partial charge in [-0.1, -0.05) is 6.92 Å². The molecular weight excluding hydrogens is 306 g/mol. The van der Waals surface area contributed by atoms with Crippen molar-refractivity contribution in [2.45, 2.75) is 43.8 Å². The van der Waals surface area contributed by atoms with Crippen LogP contribution in [0.5, 0.6) is 0 Å². The summed E-state index contributed by atoms with van der Waals surface area (Å²) in [6.45, 7) is 1.55. The molecule has 7 N–H and O–H groups in total. The number of aliphatic hydroxyl groups excluding tert-OH is 6. The molecule has 1 rings (SSSR count). The van der Waals surface area contributed by atoms with Crippen molar-refractivity contribution in [1.82, 2.24) is 15.3 Å². The fourth-order valence-electron chi connectivity index (χ4n) is 2.06. The van der Waals surface area contributed by atoms with Crippen LogP contribution in [0.3, 0.4) is 0 Å². The van der Waals surface area contributed by atoms with Gasteiger partial charge in [0.05, 0.1) is 42.9 Å². The summed E-state index contributed by atoms with van der Waals surface area (Å²) in [5.41, 5.74) is 0.482. The number of nitrogens with one attached hydrogen (secondary N) is 1. The van der Waals surface area contributed by atoms with Gasteiger partial charge in [0.2, 0.25) is 0 Å². The van der Waals surface area contributed by atoms with Crippen molar-refractivity contribution in [2.24, 2.45) is 0 Å². The average molecular weight is 331 g/mol. The van der Waals surface area contributed by atoms with Gasteiger partial charge in [-0.15, -0.1) is 0 Å². The van der Waals surface area contributed by atoms with Crippen LogP contribution >= 0.6 is 0 Å². The number of hydrogen-bond acceptors (Lipinski definition) is 9. The average Bonchev–Trinajstić information content (AvgIpc) is 2.58. The van der Waals surface area contributed by atoms with E-state index in [0.717, 1.165) is 0 Å². The SMILES string of the molecule is CCN[C@H](CO)[C@H](O)Cc1cnc([C@@H](O)[C@H](O)[C@H](O)CO)cn1. The molecule has 0 unspecified atom stereocenters. The molecule has 1 aromatic heterocycles. The predicted octanol–water partition coefficient (Wildman–Crippen LogP) is -2.90. The number of hydrogen-bond donors (Lipinski definition) is 7. The van der Waals surface area contributed by atoms with E-state index < -0.39 is 37.1 Å². The Morgan fingerprint density at radius 2 is 1.70 bits per heavy atom. The summed E-state index contributed by atoms with van der Waals surface area (Å²) in [5, 5.41) is 59.7. The highest BCUT2D eigenvalue weighted by molar-refractivity contribution is 5.08. The Kier molecular flexibility index (Phi) is 8.48. The van der Waals surface area contributed by atoms with Crippen LogP contribution in [0.4, 0.5) is 0 Å². The van der Waals surface area contributed by atoms with Crippen molar-refractivity contribution in [3.63, 3.8) is 0 Å². The third-order valence-electron chi connectivity index (χ3n) is 3.48. The molecule has 5 atom stereocenters. The van der Waals surface area contributed by atoms with E-state index in [-0.39, 0.29) is 18.7 Å². The molecule has 23 heavy (non-hydrogen) atoms. The number of nitrogens with zero attached hydrogens (tertiary/aromatic N) is 2. The third-order valence-corrected chi connectivity index (χ3v) is 3.48. The first-order valence-electron chi connectivity index (χ1n) is 7.42. The second kappa shape index (κ2) is 9.83. The summed E-state index contributed by atoms with van der Waals surface area (Å²) in [4.78, 5) is 7.98. The number of aliphatic hydroxyl groups is 6. The molecule has 0 spiro atoms. The van der Waals surface area contributed by atoms with Crippen LogP contribution in [-0.4, -0.2) is 84.7 Å². The highest BCUT2D eigenvalue weighted by Gasteiger charge is 2.27. The van der Waals surface area contributed by atoms with E-state index >= 15 is 0 Å². The van der Waals surface area contributed by atoms with Crippen molar-refractivity contribution >= 4 is 0 Å².